The Kier molecular flexibility index (Phi) is 59.4. The summed E-state index contributed by atoms with van der Waals surface area (Å²) in [4.78, 5) is 72.5. The molecule has 0 aromatic rings. The zero-order valence-electron chi connectivity index (χ0n) is 58.8. The Labute approximate surface area is 549 Å². The lowest BCUT2D eigenvalue weighted by atomic mass is 9.99. The summed E-state index contributed by atoms with van der Waals surface area (Å²) in [5.41, 5.74) is 0. The molecule has 0 aromatic carbocycles. The van der Waals surface area contributed by atoms with Gasteiger partial charge in [-0.05, 0) is 49.4 Å². The quantitative estimate of drug-likeness (QED) is 0.0222. The van der Waals surface area contributed by atoms with Crippen LogP contribution in [0.4, 0.5) is 0 Å². The van der Waals surface area contributed by atoms with Crippen molar-refractivity contribution in [3.63, 3.8) is 0 Å². The van der Waals surface area contributed by atoms with E-state index in [-0.39, 0.29) is 25.7 Å². The average Bonchev–Trinajstić information content (AvgIpc) is 2.92. The standard InChI is InChI=1S/C71H138O17P2/c1-9-63(7)49-41-33-24-21-22-26-37-45-53-70(75)87-66(57-81-68(73)51-43-35-25-20-18-16-14-12-11-13-15-17-19-23-31-39-47-61(3)4)59-85-89(77,78)83-55-65(72)56-84-90(79,80)86-60-67(88-71(76)54-46-38-29-27-32-40-48-62(5)6)58-82-69(74)52-44-36-30-28-34-42-50-64(8)10-2/h61-67,72H,9-60H2,1-8H3,(H,77,78)(H,79,80)/t63?,64?,65-,66-,67-/m1/s1. The highest BCUT2D eigenvalue weighted by atomic mass is 31.2. The fourth-order valence-corrected chi connectivity index (χ4v) is 12.2. The van der Waals surface area contributed by atoms with Crippen LogP contribution in [0, 0.1) is 23.7 Å². The first-order valence-corrected chi connectivity index (χ1v) is 39.8. The van der Waals surface area contributed by atoms with Gasteiger partial charge < -0.3 is 33.8 Å². The van der Waals surface area contributed by atoms with Gasteiger partial charge in [0.25, 0.3) is 0 Å². The summed E-state index contributed by atoms with van der Waals surface area (Å²) in [6.45, 7) is 14.0. The third-order valence-electron chi connectivity index (χ3n) is 17.0. The van der Waals surface area contributed by atoms with Crippen LogP contribution >= 0.6 is 15.6 Å². The molecule has 4 unspecified atom stereocenters. The number of carbonyl (C=O) groups excluding carboxylic acids is 4. The third kappa shape index (κ3) is 62.2. The number of phosphoric acid groups is 2. The van der Waals surface area contributed by atoms with Gasteiger partial charge in [0.05, 0.1) is 26.4 Å². The molecule has 0 aliphatic carbocycles. The van der Waals surface area contributed by atoms with E-state index in [4.69, 9.17) is 37.0 Å². The van der Waals surface area contributed by atoms with Crippen LogP contribution in [0.1, 0.15) is 351 Å². The molecule has 0 aliphatic heterocycles. The van der Waals surface area contributed by atoms with E-state index in [1.54, 1.807) is 0 Å². The predicted molar refractivity (Wildman–Crippen MR) is 363 cm³/mol. The maximum absolute atomic E-state index is 13.0. The van der Waals surface area contributed by atoms with Crippen LogP contribution in [-0.4, -0.2) is 96.7 Å². The van der Waals surface area contributed by atoms with E-state index >= 15 is 0 Å². The lowest BCUT2D eigenvalue weighted by Crippen LogP contribution is -2.30. The summed E-state index contributed by atoms with van der Waals surface area (Å²) < 4.78 is 68.2. The number of rotatable bonds is 68. The van der Waals surface area contributed by atoms with Crippen LogP contribution in [0.5, 0.6) is 0 Å². The molecular formula is C71H138O17P2. The van der Waals surface area contributed by atoms with Gasteiger partial charge in [-0.2, -0.15) is 0 Å². The number of unbranched alkanes of at least 4 members (excludes halogenated alkanes) is 32. The van der Waals surface area contributed by atoms with Crippen molar-refractivity contribution < 1.29 is 80.2 Å². The molecule has 0 rings (SSSR count). The fourth-order valence-electron chi connectivity index (χ4n) is 10.6. The largest absolute Gasteiger partial charge is 0.472 e. The molecule has 0 spiro atoms. The Hall–Kier alpha value is -1.94. The second-order valence-electron chi connectivity index (χ2n) is 27.1. The van der Waals surface area contributed by atoms with Crippen molar-refractivity contribution in [3.8, 4) is 0 Å². The lowest BCUT2D eigenvalue weighted by Gasteiger charge is -2.21. The Morgan fingerprint density at radius 3 is 0.789 bits per heavy atom. The van der Waals surface area contributed by atoms with E-state index in [9.17, 15) is 43.2 Å². The van der Waals surface area contributed by atoms with Gasteiger partial charge in [-0.1, -0.05) is 299 Å². The van der Waals surface area contributed by atoms with Crippen molar-refractivity contribution >= 4 is 39.5 Å². The second-order valence-corrected chi connectivity index (χ2v) is 30.0. The molecule has 3 N–H and O–H groups in total. The number of aliphatic hydroxyl groups excluding tert-OH is 1. The van der Waals surface area contributed by atoms with Crippen molar-refractivity contribution in [2.24, 2.45) is 23.7 Å². The summed E-state index contributed by atoms with van der Waals surface area (Å²) in [7, 11) is -9.90. The highest BCUT2D eigenvalue weighted by Gasteiger charge is 2.30. The molecular weight excluding hydrogens is 1190 g/mol. The van der Waals surface area contributed by atoms with Gasteiger partial charge in [0, 0.05) is 25.7 Å². The van der Waals surface area contributed by atoms with E-state index in [1.165, 1.54) is 148 Å². The van der Waals surface area contributed by atoms with E-state index in [1.807, 2.05) is 0 Å². The van der Waals surface area contributed by atoms with E-state index < -0.39 is 97.5 Å². The first-order chi connectivity index (χ1) is 43.2. The molecule has 0 aromatic heterocycles. The molecule has 534 valence electrons. The highest BCUT2D eigenvalue weighted by molar-refractivity contribution is 7.47. The Morgan fingerprint density at radius 2 is 0.533 bits per heavy atom. The minimum Gasteiger partial charge on any atom is -0.462 e. The molecule has 0 saturated carbocycles. The normalized spacial score (nSPS) is 14.9. The molecule has 0 heterocycles. The monoisotopic (exact) mass is 1320 g/mol. The molecule has 19 heteroatoms. The smallest absolute Gasteiger partial charge is 0.462 e. The van der Waals surface area contributed by atoms with Crippen LogP contribution < -0.4 is 0 Å². The first-order valence-electron chi connectivity index (χ1n) is 36.8. The molecule has 0 aliphatic rings. The van der Waals surface area contributed by atoms with Crippen LogP contribution in [-0.2, 0) is 65.4 Å². The van der Waals surface area contributed by atoms with E-state index in [2.05, 4.69) is 55.4 Å². The van der Waals surface area contributed by atoms with Crippen molar-refractivity contribution in [2.45, 2.75) is 369 Å². The SMILES string of the molecule is CCC(C)CCCCCCCCCCC(=O)O[C@H](COC(=O)CCCCCCCCCCCCCCCCCCC(C)C)COP(=O)(O)OC[C@@H](O)COP(=O)(O)OC[C@@H](COC(=O)CCCCCCCCC(C)CC)OC(=O)CCCCCCCCC(C)C. The van der Waals surface area contributed by atoms with Gasteiger partial charge in [-0.25, -0.2) is 9.13 Å². The third-order valence-corrected chi connectivity index (χ3v) is 18.9. The van der Waals surface area contributed by atoms with Crippen molar-refractivity contribution in [1.82, 2.24) is 0 Å². The maximum atomic E-state index is 13.0. The van der Waals surface area contributed by atoms with Crippen molar-refractivity contribution in [1.29, 1.82) is 0 Å². The number of carbonyl (C=O) groups is 4. The van der Waals surface area contributed by atoms with Gasteiger partial charge in [0.2, 0.25) is 0 Å². The summed E-state index contributed by atoms with van der Waals surface area (Å²) in [6.07, 6.45) is 43.3. The number of aliphatic hydroxyl groups is 1. The van der Waals surface area contributed by atoms with Gasteiger partial charge in [0.15, 0.2) is 12.2 Å². The molecule has 0 amide bonds. The van der Waals surface area contributed by atoms with E-state index in [0.29, 0.717) is 31.6 Å². The second kappa shape index (κ2) is 60.7. The summed E-state index contributed by atoms with van der Waals surface area (Å²) >= 11 is 0. The van der Waals surface area contributed by atoms with Crippen LogP contribution in [0.25, 0.3) is 0 Å². The van der Waals surface area contributed by atoms with Crippen molar-refractivity contribution in [3.05, 3.63) is 0 Å². The Balaban J connectivity index is 5.19. The van der Waals surface area contributed by atoms with Crippen LogP contribution in [0.2, 0.25) is 0 Å². The lowest BCUT2D eigenvalue weighted by molar-refractivity contribution is -0.161. The highest BCUT2D eigenvalue weighted by Crippen LogP contribution is 2.45. The minimum atomic E-state index is -4.95. The topological polar surface area (TPSA) is 237 Å². The first kappa shape index (κ1) is 88.1. The average molecular weight is 1330 g/mol. The molecule has 90 heavy (non-hydrogen) atoms. The molecule has 0 bridgehead atoms. The summed E-state index contributed by atoms with van der Waals surface area (Å²) in [6, 6.07) is 0. The zero-order valence-corrected chi connectivity index (χ0v) is 60.6. The number of hydrogen-bond donors (Lipinski definition) is 3. The predicted octanol–water partition coefficient (Wildman–Crippen LogP) is 20.1. The summed E-state index contributed by atoms with van der Waals surface area (Å²) in [5.74, 6) is 0.847. The molecule has 0 fully saturated rings. The summed E-state index contributed by atoms with van der Waals surface area (Å²) in [5, 5.41) is 10.6. The van der Waals surface area contributed by atoms with Gasteiger partial charge in [0.1, 0.15) is 19.3 Å². The molecule has 17 nitrogen and oxygen atoms in total. The zero-order chi connectivity index (χ0) is 66.8. The molecule has 0 radical (unpaired) electrons. The number of ether oxygens (including phenoxy) is 4. The molecule has 7 atom stereocenters. The van der Waals surface area contributed by atoms with Crippen LogP contribution in [0.15, 0.2) is 0 Å². The van der Waals surface area contributed by atoms with Crippen LogP contribution in [0.3, 0.4) is 0 Å². The number of phosphoric ester groups is 2. The molecule has 0 saturated heterocycles. The fraction of sp³-hybridized carbons (Fsp3) is 0.944. The maximum Gasteiger partial charge on any atom is 0.472 e. The van der Waals surface area contributed by atoms with Gasteiger partial charge >= 0.3 is 39.5 Å². The number of esters is 4. The van der Waals surface area contributed by atoms with Gasteiger partial charge in [-0.3, -0.25) is 37.3 Å². The van der Waals surface area contributed by atoms with Crippen molar-refractivity contribution in [2.75, 3.05) is 39.6 Å². The van der Waals surface area contributed by atoms with Gasteiger partial charge in [-0.15, -0.1) is 0 Å². The number of hydrogen-bond acceptors (Lipinski definition) is 15. The Morgan fingerprint density at radius 1 is 0.311 bits per heavy atom. The Bertz CT molecular complexity index is 1790. The van der Waals surface area contributed by atoms with E-state index in [0.717, 1.165) is 114 Å². The minimum absolute atomic E-state index is 0.101.